The fraction of sp³-hybridized carbons (Fsp3) is 0.231. The van der Waals surface area contributed by atoms with Crippen molar-refractivity contribution in [1.82, 2.24) is 29.0 Å². The second-order valence-electron chi connectivity index (χ2n) is 9.16. The molecule has 0 aliphatic carbocycles. The van der Waals surface area contributed by atoms with Gasteiger partial charge >= 0.3 is 0 Å². The van der Waals surface area contributed by atoms with Gasteiger partial charge in [-0.2, -0.15) is 0 Å². The molecule has 0 saturated carbocycles. The maximum atomic E-state index is 13.6. The number of hydrogen-bond acceptors (Lipinski definition) is 7. The minimum absolute atomic E-state index is 0.307. The Kier molecular flexibility index (Phi) is 5.98. The van der Waals surface area contributed by atoms with Gasteiger partial charge in [0.15, 0.2) is 5.65 Å². The first-order valence-corrected chi connectivity index (χ1v) is 12.7. The molecule has 0 radical (unpaired) electrons. The molecule has 0 bridgehead atoms. The molecule has 37 heavy (non-hydrogen) atoms. The highest BCUT2D eigenvalue weighted by atomic mass is 35.5. The van der Waals surface area contributed by atoms with Crippen molar-refractivity contribution in [3.8, 4) is 5.69 Å². The van der Waals surface area contributed by atoms with E-state index in [2.05, 4.69) is 56.2 Å². The Balaban J connectivity index is 1.38. The number of anilines is 3. The minimum Gasteiger partial charge on any atom is -0.369 e. The van der Waals surface area contributed by atoms with E-state index in [1.807, 2.05) is 6.07 Å². The largest absolute Gasteiger partial charge is 0.369 e. The quantitative estimate of drug-likeness (QED) is 0.362. The summed E-state index contributed by atoms with van der Waals surface area (Å²) < 4.78 is 3.00. The number of piperazine rings is 1. The van der Waals surface area contributed by atoms with Crippen LogP contribution in [0.15, 0.2) is 59.8 Å². The van der Waals surface area contributed by atoms with Crippen LogP contribution in [0, 0.1) is 6.92 Å². The summed E-state index contributed by atoms with van der Waals surface area (Å²) in [5.41, 5.74) is 4.20. The lowest BCUT2D eigenvalue weighted by molar-refractivity contribution is 0.312. The molecule has 9 nitrogen and oxygen atoms in total. The number of imidazole rings is 1. The highest BCUT2D eigenvalue weighted by Crippen LogP contribution is 2.29. The summed E-state index contributed by atoms with van der Waals surface area (Å²) in [7, 11) is 2.15. The molecule has 0 atom stereocenters. The average Bonchev–Trinajstić information content (AvgIpc) is 3.36. The zero-order chi connectivity index (χ0) is 25.7. The standard InChI is InChI=1S/C26H24Cl2N8O/c1-16-14-17(6-7-21(16)34-12-10-33(2)11-13-34)31-26-30-15-18-22(32-26)24-29-8-9-35(24)36(25(18)37)23-19(27)4-3-5-20(23)28/h3-9,14-15H,10-13H2,1-2H3,(H,30,31,32). The second kappa shape index (κ2) is 9.33. The number of aromatic nitrogens is 5. The molecule has 1 aliphatic rings. The molecule has 2 aromatic carbocycles. The highest BCUT2D eigenvalue weighted by molar-refractivity contribution is 6.37. The van der Waals surface area contributed by atoms with Gasteiger partial charge in [0.2, 0.25) is 5.95 Å². The van der Waals surface area contributed by atoms with Gasteiger partial charge in [-0.25, -0.2) is 24.1 Å². The van der Waals surface area contributed by atoms with Crippen molar-refractivity contribution in [3.63, 3.8) is 0 Å². The van der Waals surface area contributed by atoms with E-state index < -0.39 is 0 Å². The number of aryl methyl sites for hydroxylation is 1. The summed E-state index contributed by atoms with van der Waals surface area (Å²) in [6.45, 7) is 6.23. The summed E-state index contributed by atoms with van der Waals surface area (Å²) in [5, 5.41) is 4.28. The summed E-state index contributed by atoms with van der Waals surface area (Å²) in [6, 6.07) is 11.3. The lowest BCUT2D eigenvalue weighted by Crippen LogP contribution is -2.44. The van der Waals surface area contributed by atoms with Crippen LogP contribution in [0.1, 0.15) is 5.56 Å². The molecule has 0 unspecified atom stereocenters. The van der Waals surface area contributed by atoms with Crippen LogP contribution in [0.5, 0.6) is 0 Å². The van der Waals surface area contributed by atoms with E-state index >= 15 is 0 Å². The maximum absolute atomic E-state index is 13.6. The van der Waals surface area contributed by atoms with Crippen molar-refractivity contribution < 1.29 is 0 Å². The number of benzene rings is 2. The van der Waals surface area contributed by atoms with Crippen LogP contribution < -0.4 is 15.8 Å². The van der Waals surface area contributed by atoms with Gasteiger partial charge in [-0.1, -0.05) is 29.3 Å². The molecule has 188 valence electrons. The predicted octanol–water partition coefficient (Wildman–Crippen LogP) is 4.54. The third-order valence-corrected chi connectivity index (χ3v) is 7.32. The smallest absolute Gasteiger partial charge is 0.281 e. The van der Waals surface area contributed by atoms with Crippen molar-refractivity contribution in [1.29, 1.82) is 0 Å². The van der Waals surface area contributed by atoms with E-state index in [4.69, 9.17) is 23.2 Å². The number of likely N-dealkylation sites (N-methyl/N-ethyl adjacent to an activating group) is 1. The molecular weight excluding hydrogens is 511 g/mol. The molecule has 11 heteroatoms. The number of rotatable bonds is 4. The minimum atomic E-state index is -0.352. The highest BCUT2D eigenvalue weighted by Gasteiger charge is 2.20. The Morgan fingerprint density at radius 1 is 1.00 bits per heavy atom. The molecule has 4 heterocycles. The van der Waals surface area contributed by atoms with Gasteiger partial charge in [0.05, 0.1) is 15.4 Å². The van der Waals surface area contributed by atoms with Crippen LogP contribution in [0.4, 0.5) is 17.3 Å². The van der Waals surface area contributed by atoms with Crippen LogP contribution in [-0.4, -0.2) is 62.3 Å². The monoisotopic (exact) mass is 534 g/mol. The van der Waals surface area contributed by atoms with E-state index in [9.17, 15) is 4.79 Å². The molecule has 5 aromatic rings. The molecule has 3 aromatic heterocycles. The zero-order valence-corrected chi connectivity index (χ0v) is 21.8. The maximum Gasteiger partial charge on any atom is 0.281 e. The second-order valence-corrected chi connectivity index (χ2v) is 9.97. The first-order valence-electron chi connectivity index (χ1n) is 11.9. The van der Waals surface area contributed by atoms with Crippen molar-refractivity contribution >= 4 is 57.1 Å². The van der Waals surface area contributed by atoms with Gasteiger partial charge in [0.1, 0.15) is 11.2 Å². The van der Waals surface area contributed by atoms with E-state index in [0.717, 1.165) is 31.9 Å². The molecule has 1 N–H and O–H groups in total. The van der Waals surface area contributed by atoms with E-state index in [0.29, 0.717) is 38.2 Å². The molecule has 6 rings (SSSR count). The molecule has 1 aliphatic heterocycles. The predicted molar refractivity (Wildman–Crippen MR) is 148 cm³/mol. The van der Waals surface area contributed by atoms with Gasteiger partial charge in [-0.15, -0.1) is 0 Å². The lowest BCUT2D eigenvalue weighted by Gasteiger charge is -2.35. The van der Waals surface area contributed by atoms with E-state index in [-0.39, 0.29) is 5.56 Å². The fourth-order valence-electron chi connectivity index (χ4n) is 4.77. The van der Waals surface area contributed by atoms with Gasteiger partial charge in [0.25, 0.3) is 5.56 Å². The van der Waals surface area contributed by atoms with Crippen molar-refractivity contribution in [2.45, 2.75) is 6.92 Å². The Hall–Kier alpha value is -3.66. The van der Waals surface area contributed by atoms with Gasteiger partial charge in [-0.05, 0) is 49.9 Å². The summed E-state index contributed by atoms with van der Waals surface area (Å²) in [4.78, 5) is 31.9. The van der Waals surface area contributed by atoms with Crippen molar-refractivity contribution in [2.75, 3.05) is 43.4 Å². The Morgan fingerprint density at radius 2 is 1.76 bits per heavy atom. The Morgan fingerprint density at radius 3 is 2.49 bits per heavy atom. The topological polar surface area (TPSA) is 83.6 Å². The number of hydrogen-bond donors (Lipinski definition) is 1. The number of nitrogens with zero attached hydrogens (tertiary/aromatic N) is 7. The van der Waals surface area contributed by atoms with Gasteiger partial charge < -0.3 is 15.1 Å². The third-order valence-electron chi connectivity index (χ3n) is 6.71. The third kappa shape index (κ3) is 4.19. The molecule has 1 saturated heterocycles. The number of halogens is 2. The van der Waals surface area contributed by atoms with Crippen LogP contribution in [-0.2, 0) is 0 Å². The SMILES string of the molecule is Cc1cc(Nc2ncc3c(=O)n(-c4c(Cl)cccc4Cl)n4ccnc4c3n2)ccc1N1CCN(C)CC1. The number of nitrogens with one attached hydrogen (secondary N) is 1. The molecule has 0 spiro atoms. The normalized spacial score (nSPS) is 14.5. The van der Waals surface area contributed by atoms with Crippen LogP contribution in [0.25, 0.3) is 22.2 Å². The summed E-state index contributed by atoms with van der Waals surface area (Å²) in [5.74, 6) is 0.372. The van der Waals surface area contributed by atoms with Gasteiger partial charge in [0, 0.05) is 56.1 Å². The zero-order valence-electron chi connectivity index (χ0n) is 20.3. The van der Waals surface area contributed by atoms with Crippen LogP contribution in [0.3, 0.4) is 0 Å². The Bertz CT molecular complexity index is 1680. The van der Waals surface area contributed by atoms with Crippen molar-refractivity contribution in [3.05, 3.63) is 81.0 Å². The summed E-state index contributed by atoms with van der Waals surface area (Å²) >= 11 is 12.9. The fourth-order valence-corrected chi connectivity index (χ4v) is 5.33. The lowest BCUT2D eigenvalue weighted by atomic mass is 10.1. The van der Waals surface area contributed by atoms with Crippen LogP contribution >= 0.6 is 23.2 Å². The van der Waals surface area contributed by atoms with E-state index in [1.165, 1.54) is 22.1 Å². The van der Waals surface area contributed by atoms with Crippen molar-refractivity contribution in [2.24, 2.45) is 0 Å². The number of fused-ring (bicyclic) bond motifs is 3. The Labute approximate surface area is 222 Å². The molecular formula is C26H24Cl2N8O. The number of para-hydroxylation sites is 1. The first kappa shape index (κ1) is 23.7. The molecule has 0 amide bonds. The molecule has 1 fully saturated rings. The average molecular weight is 535 g/mol. The first-order chi connectivity index (χ1) is 17.9. The van der Waals surface area contributed by atoms with Gasteiger partial charge in [-0.3, -0.25) is 4.79 Å². The van der Waals surface area contributed by atoms with Crippen LogP contribution in [0.2, 0.25) is 10.0 Å². The summed E-state index contributed by atoms with van der Waals surface area (Å²) in [6.07, 6.45) is 4.78. The van der Waals surface area contributed by atoms with E-state index in [1.54, 1.807) is 35.1 Å².